The molecule has 3 aromatic rings. The summed E-state index contributed by atoms with van der Waals surface area (Å²) in [6.07, 6.45) is 2.37. The van der Waals surface area contributed by atoms with Crippen molar-refractivity contribution in [1.82, 2.24) is 20.0 Å². The molecule has 37 heavy (non-hydrogen) atoms. The van der Waals surface area contributed by atoms with Crippen LogP contribution in [0.3, 0.4) is 0 Å². The molecule has 1 spiro atoms. The topological polar surface area (TPSA) is 143 Å². The number of benzene rings is 2. The Bertz CT molecular complexity index is 1380. The highest BCUT2D eigenvalue weighted by Gasteiger charge is 2.44. The third kappa shape index (κ3) is 5.34. The molecule has 0 saturated carbocycles. The highest BCUT2D eigenvalue weighted by Crippen LogP contribution is 2.44. The number of hydrogen-bond donors (Lipinski definition) is 3. The molecule has 0 unspecified atom stereocenters. The standard InChI is InChI=1S/C25H29N4O7P/c1-2-35-24(31)28-12-10-25(11-13-28)14-20(18-7-3-4-9-21(18)36-25)26-23(30)19-8-5-6-17-15-29(27-22(17)19)16-37(32,33)34/h3-9,15,20H,2,10-14,16H2,1H3,(H,26,30)(H2,32,33,34)/t20-/m0/s1. The van der Waals surface area contributed by atoms with Gasteiger partial charge in [-0.15, -0.1) is 0 Å². The Morgan fingerprint density at radius 2 is 1.95 bits per heavy atom. The highest BCUT2D eigenvalue weighted by molar-refractivity contribution is 7.50. The van der Waals surface area contributed by atoms with Crippen molar-refractivity contribution in [1.29, 1.82) is 0 Å². The number of likely N-dealkylation sites (tertiary alicyclic amines) is 1. The van der Waals surface area contributed by atoms with Crippen LogP contribution in [-0.2, 0) is 15.6 Å². The Morgan fingerprint density at radius 3 is 2.68 bits per heavy atom. The van der Waals surface area contributed by atoms with Crippen LogP contribution in [0.15, 0.2) is 48.7 Å². The molecule has 2 aliphatic rings. The molecule has 3 heterocycles. The molecule has 196 valence electrons. The zero-order valence-corrected chi connectivity index (χ0v) is 21.3. The summed E-state index contributed by atoms with van der Waals surface area (Å²) in [5.41, 5.74) is 1.02. The van der Waals surface area contributed by atoms with Crippen LogP contribution in [-0.4, -0.2) is 61.8 Å². The third-order valence-electron chi connectivity index (χ3n) is 6.86. The van der Waals surface area contributed by atoms with E-state index >= 15 is 0 Å². The minimum Gasteiger partial charge on any atom is -0.487 e. The number of para-hydroxylation sites is 1. The SMILES string of the molecule is CCOC(=O)N1CCC2(CC1)C[C@H](NC(=O)c1cccc3cn(CP(=O)(O)O)nc13)c1ccccc1O2. The number of hydrogen-bond acceptors (Lipinski definition) is 6. The van der Waals surface area contributed by atoms with Crippen molar-refractivity contribution in [2.75, 3.05) is 19.7 Å². The fourth-order valence-corrected chi connectivity index (χ4v) is 5.66. The van der Waals surface area contributed by atoms with E-state index in [0.29, 0.717) is 61.2 Å². The molecular weight excluding hydrogens is 499 g/mol. The summed E-state index contributed by atoms with van der Waals surface area (Å²) in [7, 11) is -4.33. The van der Waals surface area contributed by atoms with Crippen molar-refractivity contribution >= 4 is 30.5 Å². The van der Waals surface area contributed by atoms with Gasteiger partial charge in [-0.05, 0) is 19.1 Å². The zero-order valence-electron chi connectivity index (χ0n) is 20.4. The van der Waals surface area contributed by atoms with Gasteiger partial charge >= 0.3 is 13.7 Å². The summed E-state index contributed by atoms with van der Waals surface area (Å²) in [6, 6.07) is 12.4. The average molecular weight is 529 g/mol. The monoisotopic (exact) mass is 528 g/mol. The summed E-state index contributed by atoms with van der Waals surface area (Å²) in [5.74, 6) is 0.362. The van der Waals surface area contributed by atoms with Crippen LogP contribution in [0.5, 0.6) is 5.75 Å². The van der Waals surface area contributed by atoms with Crippen LogP contribution in [0.4, 0.5) is 4.79 Å². The van der Waals surface area contributed by atoms with E-state index in [1.807, 2.05) is 24.3 Å². The van der Waals surface area contributed by atoms with Crippen LogP contribution in [0.25, 0.3) is 10.9 Å². The van der Waals surface area contributed by atoms with Gasteiger partial charge in [-0.25, -0.2) is 4.79 Å². The van der Waals surface area contributed by atoms with Crippen molar-refractivity contribution in [3.8, 4) is 5.75 Å². The molecule has 1 saturated heterocycles. The number of rotatable bonds is 5. The number of aromatic nitrogens is 2. The van der Waals surface area contributed by atoms with Crippen molar-refractivity contribution < 1.29 is 33.4 Å². The molecule has 12 heteroatoms. The molecule has 5 rings (SSSR count). The van der Waals surface area contributed by atoms with Crippen LogP contribution in [0, 0.1) is 0 Å². The van der Waals surface area contributed by atoms with Gasteiger partial charge in [0.05, 0.1) is 18.2 Å². The van der Waals surface area contributed by atoms with Crippen molar-refractivity contribution in [3.63, 3.8) is 0 Å². The van der Waals surface area contributed by atoms with Gasteiger partial charge in [0.1, 0.15) is 23.2 Å². The molecule has 11 nitrogen and oxygen atoms in total. The zero-order chi connectivity index (χ0) is 26.2. The number of carbonyl (C=O) groups is 2. The second-order valence-electron chi connectivity index (χ2n) is 9.46. The summed E-state index contributed by atoms with van der Waals surface area (Å²) < 4.78 is 24.2. The Hall–Kier alpha value is -3.40. The second kappa shape index (κ2) is 9.81. The first-order valence-electron chi connectivity index (χ1n) is 12.2. The van der Waals surface area contributed by atoms with Gasteiger partial charge in [-0.2, -0.15) is 5.10 Å². The average Bonchev–Trinajstić information content (AvgIpc) is 3.25. The molecule has 2 aliphatic heterocycles. The van der Waals surface area contributed by atoms with Crippen molar-refractivity contribution in [2.24, 2.45) is 0 Å². The molecule has 1 aromatic heterocycles. The van der Waals surface area contributed by atoms with Crippen molar-refractivity contribution in [3.05, 3.63) is 59.8 Å². The predicted octanol–water partition coefficient (Wildman–Crippen LogP) is 3.42. The number of carbonyl (C=O) groups excluding carboxylic acids is 2. The van der Waals surface area contributed by atoms with Gasteiger partial charge in [-0.3, -0.25) is 14.0 Å². The first-order valence-corrected chi connectivity index (χ1v) is 14.0. The number of ether oxygens (including phenoxy) is 2. The fraction of sp³-hybridized carbons (Fsp3) is 0.400. The lowest BCUT2D eigenvalue weighted by molar-refractivity contribution is -0.0233. The maximum Gasteiger partial charge on any atom is 0.409 e. The number of nitrogens with one attached hydrogen (secondary N) is 1. The minimum atomic E-state index is -4.33. The molecular formula is C25H29N4O7P. The van der Waals surface area contributed by atoms with Gasteiger partial charge in [0.25, 0.3) is 5.91 Å². The first-order chi connectivity index (χ1) is 17.7. The van der Waals surface area contributed by atoms with Crippen LogP contribution < -0.4 is 10.1 Å². The number of fused-ring (bicyclic) bond motifs is 2. The van der Waals surface area contributed by atoms with Gasteiger partial charge in [-0.1, -0.05) is 30.3 Å². The minimum absolute atomic E-state index is 0.317. The van der Waals surface area contributed by atoms with Crippen LogP contribution in [0.2, 0.25) is 0 Å². The quantitative estimate of drug-likeness (QED) is 0.428. The fourth-order valence-electron chi connectivity index (χ4n) is 5.14. The summed E-state index contributed by atoms with van der Waals surface area (Å²) >= 11 is 0. The van der Waals surface area contributed by atoms with E-state index < -0.39 is 19.5 Å². The maximum atomic E-state index is 13.5. The Labute approximate surface area is 213 Å². The number of nitrogens with zero attached hydrogens (tertiary/aromatic N) is 3. The van der Waals surface area contributed by atoms with E-state index in [9.17, 15) is 23.9 Å². The largest absolute Gasteiger partial charge is 0.487 e. The lowest BCUT2D eigenvalue weighted by atomic mass is 9.80. The van der Waals surface area contributed by atoms with Crippen LogP contribution in [0.1, 0.15) is 48.1 Å². The molecule has 0 radical (unpaired) electrons. The molecule has 1 atom stereocenters. The second-order valence-corrected chi connectivity index (χ2v) is 11.1. The number of amides is 2. The summed E-state index contributed by atoms with van der Waals surface area (Å²) in [4.78, 5) is 46.0. The Balaban J connectivity index is 1.38. The van der Waals surface area contributed by atoms with E-state index in [4.69, 9.17) is 9.47 Å². The lowest BCUT2D eigenvalue weighted by Gasteiger charge is -2.46. The van der Waals surface area contributed by atoms with E-state index in [1.165, 1.54) is 6.20 Å². The third-order valence-corrected chi connectivity index (χ3v) is 7.52. The van der Waals surface area contributed by atoms with Gasteiger partial charge in [0, 0.05) is 49.5 Å². The molecule has 2 aromatic carbocycles. The summed E-state index contributed by atoms with van der Waals surface area (Å²) in [6.45, 7) is 3.10. The van der Waals surface area contributed by atoms with E-state index in [-0.39, 0.29) is 18.0 Å². The lowest BCUT2D eigenvalue weighted by Crippen LogP contribution is -2.53. The molecule has 1 fully saturated rings. The number of piperidine rings is 1. The Morgan fingerprint density at radius 1 is 1.19 bits per heavy atom. The summed E-state index contributed by atoms with van der Waals surface area (Å²) in [5, 5.41) is 8.02. The molecule has 0 bridgehead atoms. The van der Waals surface area contributed by atoms with E-state index in [0.717, 1.165) is 10.2 Å². The predicted molar refractivity (Wildman–Crippen MR) is 134 cm³/mol. The molecule has 2 amide bonds. The smallest absolute Gasteiger partial charge is 0.409 e. The van der Waals surface area contributed by atoms with E-state index in [1.54, 1.807) is 30.0 Å². The van der Waals surface area contributed by atoms with E-state index in [2.05, 4.69) is 10.4 Å². The Kier molecular flexibility index (Phi) is 6.70. The van der Waals surface area contributed by atoms with Gasteiger partial charge < -0.3 is 29.5 Å². The highest BCUT2D eigenvalue weighted by atomic mass is 31.2. The van der Waals surface area contributed by atoms with Gasteiger partial charge in [0.2, 0.25) is 0 Å². The maximum absolute atomic E-state index is 13.5. The van der Waals surface area contributed by atoms with Crippen LogP contribution >= 0.6 is 7.60 Å². The van der Waals surface area contributed by atoms with Crippen molar-refractivity contribution in [2.45, 2.75) is 44.1 Å². The normalized spacial score (nSPS) is 18.8. The molecule has 0 aliphatic carbocycles. The first kappa shape index (κ1) is 25.3. The van der Waals surface area contributed by atoms with Gasteiger partial charge in [0.15, 0.2) is 0 Å². The molecule has 3 N–H and O–H groups in total.